The molecule has 6 heteroatoms. The van der Waals surface area contributed by atoms with E-state index in [0.29, 0.717) is 17.8 Å². The summed E-state index contributed by atoms with van der Waals surface area (Å²) < 4.78 is 0. The molecule has 0 radical (unpaired) electrons. The zero-order valence-electron chi connectivity index (χ0n) is 11.3. The van der Waals surface area contributed by atoms with Gasteiger partial charge in [-0.25, -0.2) is 0 Å². The van der Waals surface area contributed by atoms with Gasteiger partial charge in [-0.2, -0.15) is 0 Å². The lowest BCUT2D eigenvalue weighted by atomic mass is 9.90. The van der Waals surface area contributed by atoms with Gasteiger partial charge in [-0.15, -0.1) is 11.3 Å². The second-order valence-electron chi connectivity index (χ2n) is 5.33. The lowest BCUT2D eigenvalue weighted by molar-refractivity contribution is -0.147. The van der Waals surface area contributed by atoms with Crippen LogP contribution in [0.4, 0.5) is 0 Å². The van der Waals surface area contributed by atoms with E-state index in [1.54, 1.807) is 24.0 Å². The number of ketones is 1. The van der Waals surface area contributed by atoms with Crippen molar-refractivity contribution in [2.45, 2.75) is 26.2 Å². The summed E-state index contributed by atoms with van der Waals surface area (Å²) in [5.74, 6) is -1.05. The summed E-state index contributed by atoms with van der Waals surface area (Å²) in [7, 11) is 0. The van der Waals surface area contributed by atoms with Gasteiger partial charge in [0, 0.05) is 25.9 Å². The molecule has 1 aromatic heterocycles. The summed E-state index contributed by atoms with van der Waals surface area (Å²) in [6.07, 6.45) is 0.791. The number of rotatable bonds is 5. The molecule has 1 aliphatic heterocycles. The molecule has 2 heterocycles. The van der Waals surface area contributed by atoms with E-state index >= 15 is 0 Å². The topological polar surface area (TPSA) is 74.7 Å². The van der Waals surface area contributed by atoms with Crippen molar-refractivity contribution in [3.05, 3.63) is 22.4 Å². The Morgan fingerprint density at radius 2 is 2.15 bits per heavy atom. The molecule has 0 bridgehead atoms. The number of likely N-dealkylation sites (tertiary alicyclic amines) is 1. The Morgan fingerprint density at radius 3 is 2.70 bits per heavy atom. The molecule has 1 aromatic rings. The molecule has 1 N–H and O–H groups in total. The average Bonchev–Trinajstić information content (AvgIpc) is 3.05. The minimum atomic E-state index is -0.873. The minimum absolute atomic E-state index is 0.0338. The quantitative estimate of drug-likeness (QED) is 0.843. The van der Waals surface area contributed by atoms with Crippen LogP contribution in [0.2, 0.25) is 0 Å². The highest BCUT2D eigenvalue weighted by Crippen LogP contribution is 2.30. The third kappa shape index (κ3) is 3.07. The summed E-state index contributed by atoms with van der Waals surface area (Å²) in [5, 5.41) is 11.0. The van der Waals surface area contributed by atoms with Crippen molar-refractivity contribution in [2.24, 2.45) is 5.41 Å². The predicted octanol–water partition coefficient (Wildman–Crippen LogP) is 2.03. The SMILES string of the molecule is CC1(C(=O)O)CCN(C(=O)CCC(=O)c2cccs2)C1. The van der Waals surface area contributed by atoms with Crippen LogP contribution in [-0.2, 0) is 9.59 Å². The average molecular weight is 295 g/mol. The normalized spacial score (nSPS) is 21.9. The van der Waals surface area contributed by atoms with Crippen molar-refractivity contribution >= 4 is 29.0 Å². The fourth-order valence-electron chi connectivity index (χ4n) is 2.29. The molecule has 0 saturated carbocycles. The number of Topliss-reactive ketones (excluding diaryl/α,β-unsaturated/α-hetero) is 1. The first-order valence-electron chi connectivity index (χ1n) is 6.50. The maximum atomic E-state index is 12.0. The maximum absolute atomic E-state index is 12.0. The van der Waals surface area contributed by atoms with Gasteiger partial charge in [0.25, 0.3) is 0 Å². The van der Waals surface area contributed by atoms with Crippen molar-refractivity contribution in [1.29, 1.82) is 0 Å². The lowest BCUT2D eigenvalue weighted by Crippen LogP contribution is -2.34. The highest BCUT2D eigenvalue weighted by atomic mass is 32.1. The number of hydrogen-bond acceptors (Lipinski definition) is 4. The van der Waals surface area contributed by atoms with Crippen LogP contribution in [0.25, 0.3) is 0 Å². The Labute approximate surface area is 121 Å². The lowest BCUT2D eigenvalue weighted by Gasteiger charge is -2.20. The number of amides is 1. The molecule has 1 fully saturated rings. The van der Waals surface area contributed by atoms with Crippen molar-refractivity contribution in [3.63, 3.8) is 0 Å². The third-order valence-electron chi connectivity index (χ3n) is 3.70. The van der Waals surface area contributed by atoms with E-state index < -0.39 is 11.4 Å². The van der Waals surface area contributed by atoms with Crippen LogP contribution >= 0.6 is 11.3 Å². The number of carbonyl (C=O) groups is 3. The first kappa shape index (κ1) is 14.7. The molecule has 1 saturated heterocycles. The van der Waals surface area contributed by atoms with Crippen molar-refractivity contribution in [3.8, 4) is 0 Å². The van der Waals surface area contributed by atoms with Gasteiger partial charge in [-0.1, -0.05) is 6.07 Å². The van der Waals surface area contributed by atoms with Gasteiger partial charge in [0.1, 0.15) is 0 Å². The van der Waals surface area contributed by atoms with Gasteiger partial charge in [0.05, 0.1) is 10.3 Å². The Hall–Kier alpha value is -1.69. The molecule has 20 heavy (non-hydrogen) atoms. The summed E-state index contributed by atoms with van der Waals surface area (Å²) in [6.45, 7) is 2.34. The van der Waals surface area contributed by atoms with Gasteiger partial charge in [-0.3, -0.25) is 14.4 Å². The molecule has 1 atom stereocenters. The number of nitrogens with zero attached hydrogens (tertiary/aromatic N) is 1. The number of carbonyl (C=O) groups excluding carboxylic acids is 2. The molecule has 1 unspecified atom stereocenters. The Kier molecular flexibility index (Phi) is 4.23. The predicted molar refractivity (Wildman–Crippen MR) is 74.8 cm³/mol. The molecule has 1 aliphatic rings. The second kappa shape index (κ2) is 5.75. The fourth-order valence-corrected chi connectivity index (χ4v) is 2.98. The number of hydrogen-bond donors (Lipinski definition) is 1. The van der Waals surface area contributed by atoms with Gasteiger partial charge < -0.3 is 10.0 Å². The first-order valence-corrected chi connectivity index (χ1v) is 7.38. The molecular formula is C14H17NO4S. The van der Waals surface area contributed by atoms with Gasteiger partial charge >= 0.3 is 5.97 Å². The number of aliphatic carboxylic acids is 1. The number of carboxylic acids is 1. The molecule has 0 aromatic carbocycles. The van der Waals surface area contributed by atoms with Crippen LogP contribution < -0.4 is 0 Å². The Bertz CT molecular complexity index is 525. The van der Waals surface area contributed by atoms with E-state index in [9.17, 15) is 14.4 Å². The molecule has 0 spiro atoms. The smallest absolute Gasteiger partial charge is 0.311 e. The van der Waals surface area contributed by atoms with E-state index in [1.807, 2.05) is 5.38 Å². The fraction of sp³-hybridized carbons (Fsp3) is 0.500. The zero-order valence-corrected chi connectivity index (χ0v) is 12.1. The van der Waals surface area contributed by atoms with Gasteiger partial charge in [0.2, 0.25) is 5.91 Å². The van der Waals surface area contributed by atoms with Crippen LogP contribution in [-0.4, -0.2) is 40.8 Å². The summed E-state index contributed by atoms with van der Waals surface area (Å²) in [5.41, 5.74) is -0.854. The van der Waals surface area contributed by atoms with Crippen LogP contribution in [0.1, 0.15) is 35.9 Å². The zero-order chi connectivity index (χ0) is 14.8. The van der Waals surface area contributed by atoms with E-state index in [2.05, 4.69) is 0 Å². The molecule has 2 rings (SSSR count). The molecule has 1 amide bonds. The Balaban J connectivity index is 1.85. The van der Waals surface area contributed by atoms with E-state index in [-0.39, 0.29) is 31.1 Å². The van der Waals surface area contributed by atoms with Crippen LogP contribution in [0.15, 0.2) is 17.5 Å². The molecule has 5 nitrogen and oxygen atoms in total. The maximum Gasteiger partial charge on any atom is 0.311 e. The number of thiophene rings is 1. The van der Waals surface area contributed by atoms with E-state index in [0.717, 1.165) is 0 Å². The van der Waals surface area contributed by atoms with Crippen molar-refractivity contribution in [1.82, 2.24) is 4.90 Å². The van der Waals surface area contributed by atoms with Crippen LogP contribution in [0.3, 0.4) is 0 Å². The second-order valence-corrected chi connectivity index (χ2v) is 6.28. The minimum Gasteiger partial charge on any atom is -0.481 e. The largest absolute Gasteiger partial charge is 0.481 e. The Morgan fingerprint density at radius 1 is 1.40 bits per heavy atom. The number of carboxylic acid groups (broad SMARTS) is 1. The van der Waals surface area contributed by atoms with Crippen LogP contribution in [0, 0.1) is 5.41 Å². The highest BCUT2D eigenvalue weighted by Gasteiger charge is 2.41. The van der Waals surface area contributed by atoms with Crippen molar-refractivity contribution in [2.75, 3.05) is 13.1 Å². The van der Waals surface area contributed by atoms with E-state index in [4.69, 9.17) is 5.11 Å². The molecule has 0 aliphatic carbocycles. The van der Waals surface area contributed by atoms with E-state index in [1.165, 1.54) is 11.3 Å². The summed E-state index contributed by atoms with van der Waals surface area (Å²) >= 11 is 1.37. The third-order valence-corrected chi connectivity index (χ3v) is 4.62. The molecular weight excluding hydrogens is 278 g/mol. The summed E-state index contributed by atoms with van der Waals surface area (Å²) in [4.78, 5) is 37.2. The van der Waals surface area contributed by atoms with Crippen molar-refractivity contribution < 1.29 is 19.5 Å². The van der Waals surface area contributed by atoms with Crippen LogP contribution in [0.5, 0.6) is 0 Å². The monoisotopic (exact) mass is 295 g/mol. The standard InChI is InChI=1S/C14H17NO4S/c1-14(13(18)19)6-7-15(9-14)12(17)5-4-10(16)11-3-2-8-20-11/h2-3,8H,4-7,9H2,1H3,(H,18,19). The van der Waals surface area contributed by atoms with Gasteiger partial charge in [0.15, 0.2) is 5.78 Å². The first-order chi connectivity index (χ1) is 9.42. The summed E-state index contributed by atoms with van der Waals surface area (Å²) in [6, 6.07) is 3.55. The molecule has 108 valence electrons. The van der Waals surface area contributed by atoms with Gasteiger partial charge in [-0.05, 0) is 24.8 Å². The highest BCUT2D eigenvalue weighted by molar-refractivity contribution is 7.12.